The van der Waals surface area contributed by atoms with Gasteiger partial charge in [-0.05, 0) is 53.1 Å². The van der Waals surface area contributed by atoms with Gasteiger partial charge in [-0.2, -0.15) is 0 Å². The first-order chi connectivity index (χ1) is 17.9. The zero-order valence-electron chi connectivity index (χ0n) is 20.3. The first-order valence-electron chi connectivity index (χ1n) is 11.5. The quantitative estimate of drug-likeness (QED) is 0.404. The highest BCUT2D eigenvalue weighted by atomic mass is 32.2. The number of hydrogen-bond acceptors (Lipinski definition) is 7. The van der Waals surface area contributed by atoms with Gasteiger partial charge in [-0.1, -0.05) is 30.3 Å². The van der Waals surface area contributed by atoms with E-state index in [0.29, 0.717) is 30.0 Å². The van der Waals surface area contributed by atoms with Crippen molar-refractivity contribution in [1.82, 2.24) is 0 Å². The van der Waals surface area contributed by atoms with Gasteiger partial charge in [0, 0.05) is 43.6 Å². The van der Waals surface area contributed by atoms with Crippen LogP contribution >= 0.6 is 0 Å². The molecule has 1 fully saturated rings. The van der Waals surface area contributed by atoms with Gasteiger partial charge in [0.05, 0.1) is 22.9 Å². The molecule has 1 saturated heterocycles. The topological polar surface area (TPSA) is 102 Å². The maximum atomic E-state index is 12.4. The van der Waals surface area contributed by atoms with Crippen LogP contribution in [0.5, 0.6) is 5.75 Å². The number of alkyl halides is 3. The van der Waals surface area contributed by atoms with E-state index in [1.165, 1.54) is 31.3 Å². The molecule has 13 heteroatoms. The third-order valence-electron chi connectivity index (χ3n) is 6.09. The summed E-state index contributed by atoms with van der Waals surface area (Å²) in [4.78, 5) is 2.01. The molecule has 0 bridgehead atoms. The molecule has 0 spiro atoms. The molecule has 1 aliphatic heterocycles. The van der Waals surface area contributed by atoms with Crippen LogP contribution in [0.15, 0.2) is 66.7 Å². The minimum absolute atomic E-state index is 0.0972. The van der Waals surface area contributed by atoms with Crippen LogP contribution in [-0.2, 0) is 27.6 Å². The fourth-order valence-corrected chi connectivity index (χ4v) is 5.57. The summed E-state index contributed by atoms with van der Waals surface area (Å²) in [6.07, 6.45) is -4.77. The van der Waals surface area contributed by atoms with Crippen molar-refractivity contribution >= 4 is 38.2 Å². The fraction of sp³-hybridized carbons (Fsp3) is 0.280. The molecule has 0 aliphatic carbocycles. The number of nitrogens with one attached hydrogen (secondary N) is 1. The lowest BCUT2D eigenvalue weighted by molar-refractivity contribution is -0.274. The molecule has 1 unspecified atom stereocenters. The Morgan fingerprint density at radius 3 is 2.32 bits per heavy atom. The smallest absolute Gasteiger partial charge is 0.573 e. The zero-order chi connectivity index (χ0) is 27.5. The molecular formula is C25H25F3N3O5S2-. The normalized spacial score (nSPS) is 16.1. The van der Waals surface area contributed by atoms with Crippen LogP contribution in [0.3, 0.4) is 0 Å². The van der Waals surface area contributed by atoms with Crippen molar-refractivity contribution in [2.45, 2.75) is 12.9 Å². The Kier molecular flexibility index (Phi) is 8.19. The summed E-state index contributed by atoms with van der Waals surface area (Å²) < 4.78 is 89.2. The van der Waals surface area contributed by atoms with Crippen LogP contribution in [0, 0.1) is 0 Å². The summed E-state index contributed by atoms with van der Waals surface area (Å²) in [5.74, 6) is -0.138. The zero-order valence-corrected chi connectivity index (χ0v) is 21.9. The Morgan fingerprint density at radius 2 is 1.68 bits per heavy atom. The third kappa shape index (κ3) is 7.17. The molecule has 8 nitrogen and oxygen atoms in total. The second-order valence-electron chi connectivity index (χ2n) is 8.68. The number of nitrogens with zero attached hydrogens (tertiary/aromatic N) is 2. The third-order valence-corrected chi connectivity index (χ3v) is 8.34. The van der Waals surface area contributed by atoms with Gasteiger partial charge in [0.15, 0.2) is 9.84 Å². The number of anilines is 3. The van der Waals surface area contributed by atoms with Crippen molar-refractivity contribution in [3.8, 4) is 16.9 Å². The standard InChI is InChI=1S/C25H26F3N3O5S2/c1-30(37(32)33)24-16-20(19-3-2-4-21(15-19)31-11-13-38(34,35)14-12-31)7-10-23(24)29-17-18-5-8-22(9-6-18)36-25(26,27)28/h2-10,15-16,29H,11-14,17H2,1H3,(H,32,33)/p-1. The van der Waals surface area contributed by atoms with Gasteiger partial charge in [0.1, 0.15) is 5.75 Å². The van der Waals surface area contributed by atoms with Gasteiger partial charge in [-0.15, -0.1) is 13.2 Å². The average Bonchev–Trinajstić information content (AvgIpc) is 2.87. The van der Waals surface area contributed by atoms with Gasteiger partial charge in [0.25, 0.3) is 0 Å². The molecule has 0 aromatic heterocycles. The largest absolute Gasteiger partial charge is 0.755 e. The maximum Gasteiger partial charge on any atom is 0.573 e. The van der Waals surface area contributed by atoms with E-state index >= 15 is 0 Å². The summed E-state index contributed by atoms with van der Waals surface area (Å²) in [5.41, 5.74) is 4.00. The van der Waals surface area contributed by atoms with Crippen LogP contribution in [-0.4, -0.2) is 55.2 Å². The Morgan fingerprint density at radius 1 is 1.03 bits per heavy atom. The second-order valence-corrected chi connectivity index (χ2v) is 12.0. The Hall–Kier alpha value is -3.29. The highest BCUT2D eigenvalue weighted by Gasteiger charge is 2.31. The Labute approximate surface area is 221 Å². The van der Waals surface area contributed by atoms with Crippen molar-refractivity contribution in [1.29, 1.82) is 0 Å². The molecule has 204 valence electrons. The van der Waals surface area contributed by atoms with E-state index in [1.54, 1.807) is 12.1 Å². The molecule has 0 saturated carbocycles. The second kappa shape index (κ2) is 11.2. The van der Waals surface area contributed by atoms with E-state index in [9.17, 15) is 30.4 Å². The van der Waals surface area contributed by atoms with Crippen LogP contribution in [0.1, 0.15) is 5.56 Å². The number of ether oxygens (including phenoxy) is 1. The van der Waals surface area contributed by atoms with Crippen molar-refractivity contribution in [3.05, 3.63) is 72.3 Å². The van der Waals surface area contributed by atoms with E-state index in [2.05, 4.69) is 10.1 Å². The van der Waals surface area contributed by atoms with Gasteiger partial charge in [0.2, 0.25) is 0 Å². The minimum Gasteiger partial charge on any atom is -0.755 e. The molecule has 38 heavy (non-hydrogen) atoms. The van der Waals surface area contributed by atoms with E-state index in [-0.39, 0.29) is 23.8 Å². The monoisotopic (exact) mass is 568 g/mol. The molecule has 1 N–H and O–H groups in total. The first kappa shape index (κ1) is 27.7. The van der Waals surface area contributed by atoms with E-state index < -0.39 is 27.5 Å². The summed E-state index contributed by atoms with van der Waals surface area (Å²) in [6.45, 7) is 1.04. The first-order valence-corrected chi connectivity index (χ1v) is 14.4. The number of halogens is 3. The van der Waals surface area contributed by atoms with E-state index in [0.717, 1.165) is 21.1 Å². The lowest BCUT2D eigenvalue weighted by atomic mass is 10.0. The van der Waals surface area contributed by atoms with Gasteiger partial charge >= 0.3 is 6.36 Å². The average molecular weight is 569 g/mol. The van der Waals surface area contributed by atoms with Gasteiger partial charge in [-0.3, -0.25) is 4.21 Å². The molecule has 0 radical (unpaired) electrons. The Balaban J connectivity index is 1.55. The van der Waals surface area contributed by atoms with Crippen LogP contribution in [0.4, 0.5) is 30.2 Å². The summed E-state index contributed by atoms with van der Waals surface area (Å²) in [7, 11) is -1.61. The summed E-state index contributed by atoms with van der Waals surface area (Å²) in [6, 6.07) is 18.2. The molecule has 1 aliphatic rings. The van der Waals surface area contributed by atoms with Crippen molar-refractivity contribution in [2.24, 2.45) is 0 Å². The van der Waals surface area contributed by atoms with Crippen LogP contribution in [0.2, 0.25) is 0 Å². The highest BCUT2D eigenvalue weighted by Crippen LogP contribution is 2.34. The minimum atomic E-state index is -4.77. The summed E-state index contributed by atoms with van der Waals surface area (Å²) in [5, 5.41) is 3.14. The molecule has 4 rings (SSSR count). The molecule has 1 atom stereocenters. The summed E-state index contributed by atoms with van der Waals surface area (Å²) >= 11 is -2.56. The number of rotatable bonds is 8. The van der Waals surface area contributed by atoms with E-state index in [4.69, 9.17) is 0 Å². The van der Waals surface area contributed by atoms with Gasteiger partial charge in [-0.25, -0.2) is 8.42 Å². The molecule has 3 aromatic rings. The van der Waals surface area contributed by atoms with E-state index in [1.807, 2.05) is 35.2 Å². The number of sulfone groups is 1. The predicted molar refractivity (Wildman–Crippen MR) is 141 cm³/mol. The van der Waals surface area contributed by atoms with Crippen LogP contribution < -0.4 is 19.3 Å². The van der Waals surface area contributed by atoms with Gasteiger partial charge < -0.3 is 23.8 Å². The predicted octanol–water partition coefficient (Wildman–Crippen LogP) is 4.33. The lowest BCUT2D eigenvalue weighted by Gasteiger charge is -2.29. The SMILES string of the molecule is CN(c1cc(-c2cccc(N3CCS(=O)(=O)CC3)c2)ccc1NCc1ccc(OC(F)(F)F)cc1)S(=O)[O-]. The van der Waals surface area contributed by atoms with Crippen LogP contribution in [0.25, 0.3) is 11.1 Å². The highest BCUT2D eigenvalue weighted by molar-refractivity contribution is 7.91. The lowest BCUT2D eigenvalue weighted by Crippen LogP contribution is -2.40. The fourth-order valence-electron chi connectivity index (χ4n) is 4.06. The molecule has 3 aromatic carbocycles. The molecular weight excluding hydrogens is 543 g/mol. The number of hydrogen-bond donors (Lipinski definition) is 1. The van der Waals surface area contributed by atoms with Crippen molar-refractivity contribution in [3.63, 3.8) is 0 Å². The Bertz CT molecular complexity index is 1400. The van der Waals surface area contributed by atoms with Crippen molar-refractivity contribution < 1.29 is 35.1 Å². The number of benzene rings is 3. The maximum absolute atomic E-state index is 12.4. The molecule has 1 heterocycles. The van der Waals surface area contributed by atoms with Crippen molar-refractivity contribution in [2.75, 3.05) is 46.2 Å². The molecule has 0 amide bonds.